The molecule has 0 aromatic carbocycles. The molecule has 0 aliphatic heterocycles. The summed E-state index contributed by atoms with van der Waals surface area (Å²) in [6.45, 7) is 2.16. The van der Waals surface area contributed by atoms with Gasteiger partial charge < -0.3 is 10.2 Å². The Balaban J connectivity index is 2.19. The molecular formula is C10H18O2. The van der Waals surface area contributed by atoms with Gasteiger partial charge in [-0.25, -0.2) is 0 Å². The Labute approximate surface area is 73.6 Å². The first-order chi connectivity index (χ1) is 5.63. The molecule has 2 nitrogen and oxygen atoms in total. The number of aliphatic hydroxyl groups excluding tert-OH is 2. The minimum atomic E-state index is -0.255. The number of hydrogen-bond acceptors (Lipinski definition) is 2. The van der Waals surface area contributed by atoms with E-state index >= 15 is 0 Å². The first-order valence-corrected chi connectivity index (χ1v) is 5.00. The summed E-state index contributed by atoms with van der Waals surface area (Å²) in [6.07, 6.45) is 4.71. The summed E-state index contributed by atoms with van der Waals surface area (Å²) in [5.74, 6) is 0.164. The number of rotatable bonds is 0. The van der Waals surface area contributed by atoms with E-state index in [4.69, 9.17) is 0 Å². The molecule has 70 valence electrons. The highest BCUT2D eigenvalue weighted by molar-refractivity contribution is 4.98. The molecule has 2 heteroatoms. The second-order valence-electron chi connectivity index (χ2n) is 4.76. The second-order valence-corrected chi connectivity index (χ2v) is 4.76. The number of aliphatic hydroxyl groups is 2. The fourth-order valence-electron chi connectivity index (χ4n) is 2.93. The van der Waals surface area contributed by atoms with E-state index in [9.17, 15) is 10.2 Å². The Hall–Kier alpha value is -0.0800. The average molecular weight is 170 g/mol. The first-order valence-electron chi connectivity index (χ1n) is 5.00. The smallest absolute Gasteiger partial charge is 0.0646 e. The summed E-state index contributed by atoms with van der Waals surface area (Å²) in [7, 11) is 0. The molecule has 2 rings (SSSR count). The predicted octanol–water partition coefficient (Wildman–Crippen LogP) is 1.31. The van der Waals surface area contributed by atoms with Crippen molar-refractivity contribution >= 4 is 0 Å². The molecule has 2 bridgehead atoms. The monoisotopic (exact) mass is 170 g/mol. The summed E-state index contributed by atoms with van der Waals surface area (Å²) in [4.78, 5) is 0. The lowest BCUT2D eigenvalue weighted by Gasteiger charge is -2.49. The van der Waals surface area contributed by atoms with E-state index in [1.165, 1.54) is 6.42 Å². The Morgan fingerprint density at radius 2 is 1.92 bits per heavy atom. The Morgan fingerprint density at radius 1 is 1.17 bits per heavy atom. The van der Waals surface area contributed by atoms with Gasteiger partial charge in [0.05, 0.1) is 12.2 Å². The van der Waals surface area contributed by atoms with Crippen molar-refractivity contribution in [2.24, 2.45) is 11.3 Å². The summed E-state index contributed by atoms with van der Waals surface area (Å²) < 4.78 is 0. The van der Waals surface area contributed by atoms with Crippen molar-refractivity contribution < 1.29 is 10.2 Å². The molecule has 2 saturated carbocycles. The fraction of sp³-hybridized carbons (Fsp3) is 1.00. The van der Waals surface area contributed by atoms with Gasteiger partial charge in [-0.05, 0) is 31.1 Å². The van der Waals surface area contributed by atoms with E-state index in [0.29, 0.717) is 0 Å². The molecule has 2 N–H and O–H groups in total. The van der Waals surface area contributed by atoms with Crippen LogP contribution >= 0.6 is 0 Å². The van der Waals surface area contributed by atoms with E-state index in [-0.39, 0.29) is 23.5 Å². The molecule has 0 amide bonds. The molecule has 0 aromatic heterocycles. The first kappa shape index (κ1) is 8.52. The lowest BCUT2D eigenvalue weighted by Crippen LogP contribution is -2.50. The van der Waals surface area contributed by atoms with Crippen LogP contribution in [0.1, 0.15) is 39.0 Å². The molecule has 2 aliphatic rings. The van der Waals surface area contributed by atoms with Crippen LogP contribution in [0.4, 0.5) is 0 Å². The van der Waals surface area contributed by atoms with Gasteiger partial charge in [0.2, 0.25) is 0 Å². The van der Waals surface area contributed by atoms with E-state index < -0.39 is 0 Å². The van der Waals surface area contributed by atoms with E-state index in [0.717, 1.165) is 25.7 Å². The van der Waals surface area contributed by atoms with Crippen molar-refractivity contribution in [2.75, 3.05) is 0 Å². The molecule has 4 unspecified atom stereocenters. The van der Waals surface area contributed by atoms with Crippen molar-refractivity contribution in [3.63, 3.8) is 0 Å². The standard InChI is InChI=1S/C10H18O2/c1-10-5-2-3-7(9(10)12)8(11)4-6-10/h7-9,11-12H,2-6H2,1H3. The average Bonchev–Trinajstić information content (AvgIpc) is 2.03. The van der Waals surface area contributed by atoms with Gasteiger partial charge >= 0.3 is 0 Å². The van der Waals surface area contributed by atoms with Gasteiger partial charge in [0.15, 0.2) is 0 Å². The lowest BCUT2D eigenvalue weighted by atomic mass is 9.60. The normalized spacial score (nSPS) is 53.8. The maximum atomic E-state index is 9.96. The number of fused-ring (bicyclic) bond motifs is 2. The third-order valence-corrected chi connectivity index (χ3v) is 3.91. The van der Waals surface area contributed by atoms with Crippen LogP contribution in [-0.2, 0) is 0 Å². The molecule has 0 saturated heterocycles. The maximum absolute atomic E-state index is 9.96. The van der Waals surface area contributed by atoms with Gasteiger partial charge in [-0.15, -0.1) is 0 Å². The third-order valence-electron chi connectivity index (χ3n) is 3.91. The van der Waals surface area contributed by atoms with Crippen LogP contribution in [0, 0.1) is 11.3 Å². The van der Waals surface area contributed by atoms with Gasteiger partial charge in [-0.2, -0.15) is 0 Å². The van der Waals surface area contributed by atoms with Crippen LogP contribution in [0.25, 0.3) is 0 Å². The quantitative estimate of drug-likeness (QED) is 0.575. The van der Waals surface area contributed by atoms with Crippen LogP contribution in [0.2, 0.25) is 0 Å². The summed E-state index contributed by atoms with van der Waals surface area (Å²) >= 11 is 0. The molecule has 0 radical (unpaired) electrons. The van der Waals surface area contributed by atoms with E-state index in [2.05, 4.69) is 6.92 Å². The maximum Gasteiger partial charge on any atom is 0.0646 e. The molecule has 4 atom stereocenters. The second kappa shape index (κ2) is 2.71. The molecule has 12 heavy (non-hydrogen) atoms. The zero-order valence-corrected chi connectivity index (χ0v) is 7.66. The van der Waals surface area contributed by atoms with Crippen molar-refractivity contribution in [3.8, 4) is 0 Å². The van der Waals surface area contributed by atoms with Crippen LogP contribution in [0.3, 0.4) is 0 Å². The van der Waals surface area contributed by atoms with Crippen LogP contribution < -0.4 is 0 Å². The molecule has 2 fully saturated rings. The third kappa shape index (κ3) is 1.09. The predicted molar refractivity (Wildman–Crippen MR) is 46.7 cm³/mol. The van der Waals surface area contributed by atoms with E-state index in [1.807, 2.05) is 0 Å². The minimum absolute atomic E-state index is 0.113. The number of hydrogen-bond donors (Lipinski definition) is 2. The van der Waals surface area contributed by atoms with Gasteiger partial charge in [0.25, 0.3) is 0 Å². The van der Waals surface area contributed by atoms with Gasteiger partial charge in [0.1, 0.15) is 0 Å². The Morgan fingerprint density at radius 3 is 2.58 bits per heavy atom. The lowest BCUT2D eigenvalue weighted by molar-refractivity contribution is -0.125. The Bertz CT molecular complexity index is 181. The molecule has 0 heterocycles. The van der Waals surface area contributed by atoms with Crippen molar-refractivity contribution in [1.29, 1.82) is 0 Å². The fourth-order valence-corrected chi connectivity index (χ4v) is 2.93. The highest BCUT2D eigenvalue weighted by Crippen LogP contribution is 2.48. The zero-order chi connectivity index (χ0) is 8.77. The van der Waals surface area contributed by atoms with Crippen molar-refractivity contribution in [2.45, 2.75) is 51.2 Å². The summed E-state index contributed by atoms with van der Waals surface area (Å²) in [5.41, 5.74) is 0.113. The highest BCUT2D eigenvalue weighted by atomic mass is 16.3. The van der Waals surface area contributed by atoms with Gasteiger partial charge in [0, 0.05) is 5.92 Å². The zero-order valence-electron chi connectivity index (χ0n) is 7.66. The highest BCUT2D eigenvalue weighted by Gasteiger charge is 2.47. The largest absolute Gasteiger partial charge is 0.393 e. The van der Waals surface area contributed by atoms with E-state index in [1.54, 1.807) is 0 Å². The van der Waals surface area contributed by atoms with Crippen molar-refractivity contribution in [1.82, 2.24) is 0 Å². The van der Waals surface area contributed by atoms with Crippen LogP contribution in [-0.4, -0.2) is 22.4 Å². The molecule has 2 aliphatic carbocycles. The Kier molecular flexibility index (Phi) is 1.92. The summed E-state index contributed by atoms with van der Waals surface area (Å²) in [5, 5.41) is 19.6. The summed E-state index contributed by atoms with van der Waals surface area (Å²) in [6, 6.07) is 0. The van der Waals surface area contributed by atoms with Gasteiger partial charge in [-0.3, -0.25) is 0 Å². The molecular weight excluding hydrogens is 152 g/mol. The molecule has 0 aromatic rings. The van der Waals surface area contributed by atoms with Crippen molar-refractivity contribution in [3.05, 3.63) is 0 Å². The topological polar surface area (TPSA) is 40.5 Å². The van der Waals surface area contributed by atoms with Crippen LogP contribution in [0.15, 0.2) is 0 Å². The van der Waals surface area contributed by atoms with Gasteiger partial charge in [-0.1, -0.05) is 13.3 Å². The van der Waals surface area contributed by atoms with Crippen LogP contribution in [0.5, 0.6) is 0 Å². The molecule has 0 spiro atoms. The SMILES string of the molecule is CC12CCCC(C(O)CC1)C2O. The minimum Gasteiger partial charge on any atom is -0.393 e.